The van der Waals surface area contributed by atoms with Crippen molar-refractivity contribution in [2.45, 2.75) is 44.1 Å². The van der Waals surface area contributed by atoms with Crippen LogP contribution in [0.4, 0.5) is 4.79 Å². The van der Waals surface area contributed by atoms with Gasteiger partial charge in [0.2, 0.25) is 5.75 Å². The Morgan fingerprint density at radius 3 is 2.36 bits per heavy atom. The Morgan fingerprint density at radius 2 is 1.68 bits per heavy atom. The van der Waals surface area contributed by atoms with Crippen molar-refractivity contribution < 1.29 is 52.3 Å². The average Bonchev–Trinajstić information content (AvgIpc) is 3.57. The van der Waals surface area contributed by atoms with Crippen molar-refractivity contribution in [2.75, 3.05) is 48.6 Å². The number of nitrogens with one attached hydrogen (secondary N) is 1. The van der Waals surface area contributed by atoms with Gasteiger partial charge in [-0.25, -0.2) is 9.59 Å². The van der Waals surface area contributed by atoms with Gasteiger partial charge in [0.25, 0.3) is 0 Å². The molecule has 4 aromatic rings. The molecular formula is C39H43N3O11. The molecule has 0 unspecified atom stereocenters. The Kier molecular flexibility index (Phi) is 10.4. The van der Waals surface area contributed by atoms with Crippen molar-refractivity contribution in [3.63, 3.8) is 0 Å². The third-order valence-corrected chi connectivity index (χ3v) is 10.8. The van der Waals surface area contributed by atoms with Crippen LogP contribution in [0.15, 0.2) is 54.9 Å². The first-order valence-electron chi connectivity index (χ1n) is 17.5. The maximum atomic E-state index is 13.8. The standard InChI is InChI=1S/C39H43N3O11/c1-46-24-6-7-25-26-10-13-42-19-23-16-32(36(49-4)33(38(44)50-5)27(23)18-29(42)34(26)41-28(25)17-24)52-37(43)22-14-30(47-2)35(31(15-22)48-3)53-39(45)51-20-21-8-11-40-12-9-21/h6-9,11-12,14-15,17,23,27,29,32-33,36,41H,10,13,16,18-20H2,1-5H3/t23-,27+,29-,32-,33+,36+/m1/s1. The number of H-pyrrole nitrogens is 1. The number of hydrogen-bond acceptors (Lipinski definition) is 13. The van der Waals surface area contributed by atoms with Gasteiger partial charge in [0, 0.05) is 55.3 Å². The third-order valence-electron chi connectivity index (χ3n) is 10.8. The highest BCUT2D eigenvalue weighted by Crippen LogP contribution is 2.51. The largest absolute Gasteiger partial charge is 0.514 e. The predicted octanol–water partition coefficient (Wildman–Crippen LogP) is 5.27. The fourth-order valence-electron chi connectivity index (χ4n) is 8.40. The van der Waals surface area contributed by atoms with Crippen LogP contribution >= 0.6 is 0 Å². The molecule has 2 aromatic carbocycles. The first-order valence-corrected chi connectivity index (χ1v) is 17.5. The first kappa shape index (κ1) is 36.0. The van der Waals surface area contributed by atoms with Gasteiger partial charge in [-0.2, -0.15) is 0 Å². The number of aromatic nitrogens is 2. The van der Waals surface area contributed by atoms with Crippen LogP contribution in [0.25, 0.3) is 10.9 Å². The van der Waals surface area contributed by atoms with E-state index in [4.69, 9.17) is 37.9 Å². The van der Waals surface area contributed by atoms with Crippen molar-refractivity contribution in [1.82, 2.24) is 14.9 Å². The number of fused-ring (bicyclic) bond motifs is 6. The topological polar surface area (TPSA) is 157 Å². The molecule has 14 nitrogen and oxygen atoms in total. The first-order chi connectivity index (χ1) is 25.8. The number of aromatic amines is 1. The number of esters is 2. The lowest BCUT2D eigenvalue weighted by Crippen LogP contribution is -2.58. The molecule has 0 spiro atoms. The number of piperidine rings is 1. The Hall–Kier alpha value is -5.34. The monoisotopic (exact) mass is 729 g/mol. The molecule has 1 N–H and O–H groups in total. The lowest BCUT2D eigenvalue weighted by molar-refractivity contribution is -0.176. The van der Waals surface area contributed by atoms with Crippen LogP contribution in [0.3, 0.4) is 0 Å². The summed E-state index contributed by atoms with van der Waals surface area (Å²) in [4.78, 5) is 50.1. The summed E-state index contributed by atoms with van der Waals surface area (Å²) in [5.74, 6) is -0.985. The molecule has 4 heterocycles. The molecule has 6 atom stereocenters. The smallest absolute Gasteiger partial charge is 0.497 e. The molecule has 14 heteroatoms. The summed E-state index contributed by atoms with van der Waals surface area (Å²) < 4.78 is 44.6. The summed E-state index contributed by atoms with van der Waals surface area (Å²) in [7, 11) is 7.29. The predicted molar refractivity (Wildman–Crippen MR) is 189 cm³/mol. The summed E-state index contributed by atoms with van der Waals surface area (Å²) in [5.41, 5.74) is 4.31. The number of rotatable bonds is 10. The lowest BCUT2D eigenvalue weighted by atomic mass is 9.63. The van der Waals surface area contributed by atoms with Crippen molar-refractivity contribution >= 4 is 29.0 Å². The van der Waals surface area contributed by atoms with Gasteiger partial charge in [0.1, 0.15) is 24.6 Å². The van der Waals surface area contributed by atoms with Gasteiger partial charge in [-0.1, -0.05) is 0 Å². The molecule has 2 fully saturated rings. The van der Waals surface area contributed by atoms with Crippen molar-refractivity contribution in [2.24, 2.45) is 17.8 Å². The second-order valence-corrected chi connectivity index (χ2v) is 13.5. The molecule has 0 bridgehead atoms. The molecule has 1 aliphatic carbocycles. The van der Waals surface area contributed by atoms with Crippen LogP contribution < -0.4 is 18.9 Å². The third kappa shape index (κ3) is 6.96. The Labute approximate surface area is 306 Å². The molecule has 7 rings (SSSR count). The number of methoxy groups -OCH3 is 5. The minimum atomic E-state index is -0.994. The highest BCUT2D eigenvalue weighted by atomic mass is 16.7. The number of nitrogens with zero attached hydrogens (tertiary/aromatic N) is 2. The van der Waals surface area contributed by atoms with Crippen LogP contribution in [0, 0.1) is 17.8 Å². The minimum absolute atomic E-state index is 0.0311. The van der Waals surface area contributed by atoms with E-state index >= 15 is 0 Å². The zero-order valence-electron chi connectivity index (χ0n) is 30.3. The lowest BCUT2D eigenvalue weighted by Gasteiger charge is -2.52. The van der Waals surface area contributed by atoms with Crippen molar-refractivity contribution in [3.05, 3.63) is 77.2 Å². The highest BCUT2D eigenvalue weighted by Gasteiger charge is 2.54. The van der Waals surface area contributed by atoms with E-state index in [1.165, 1.54) is 57.2 Å². The van der Waals surface area contributed by atoms with Gasteiger partial charge in [-0.15, -0.1) is 0 Å². The highest BCUT2D eigenvalue weighted by molar-refractivity contribution is 5.92. The molecule has 280 valence electrons. The van der Waals surface area contributed by atoms with E-state index in [0.29, 0.717) is 12.8 Å². The molecule has 0 radical (unpaired) electrons. The molecule has 1 saturated heterocycles. The zero-order chi connectivity index (χ0) is 37.2. The molecule has 0 amide bonds. The maximum Gasteiger partial charge on any atom is 0.514 e. The number of carbonyl (C=O) groups is 3. The number of pyridine rings is 1. The van der Waals surface area contributed by atoms with E-state index in [0.717, 1.165) is 36.3 Å². The number of benzene rings is 2. The second kappa shape index (κ2) is 15.3. The van der Waals surface area contributed by atoms with Gasteiger partial charge < -0.3 is 42.9 Å². The van der Waals surface area contributed by atoms with E-state index in [-0.39, 0.29) is 47.3 Å². The summed E-state index contributed by atoms with van der Waals surface area (Å²) >= 11 is 0. The van der Waals surface area contributed by atoms with Gasteiger partial charge >= 0.3 is 18.1 Å². The van der Waals surface area contributed by atoms with Crippen molar-refractivity contribution in [1.29, 1.82) is 0 Å². The average molecular weight is 730 g/mol. The number of ether oxygens (including phenoxy) is 8. The molecule has 3 aliphatic rings. The summed E-state index contributed by atoms with van der Waals surface area (Å²) in [5, 5.41) is 1.19. The molecule has 1 saturated carbocycles. The Bertz CT molecular complexity index is 1960. The van der Waals surface area contributed by atoms with Crippen molar-refractivity contribution in [3.8, 4) is 23.0 Å². The summed E-state index contributed by atoms with van der Waals surface area (Å²) in [6, 6.07) is 12.4. The van der Waals surface area contributed by atoms with Crippen LogP contribution in [0.2, 0.25) is 0 Å². The van der Waals surface area contributed by atoms with E-state index < -0.39 is 36.2 Å². The van der Waals surface area contributed by atoms with Gasteiger partial charge in [-0.3, -0.25) is 14.7 Å². The molecule has 2 aromatic heterocycles. The van der Waals surface area contributed by atoms with E-state index in [2.05, 4.69) is 20.9 Å². The maximum absolute atomic E-state index is 13.8. The second-order valence-electron chi connectivity index (χ2n) is 13.5. The fraction of sp³-hybridized carbons (Fsp3) is 0.436. The molecular weight excluding hydrogens is 686 g/mol. The fourth-order valence-corrected chi connectivity index (χ4v) is 8.40. The van der Waals surface area contributed by atoms with E-state index in [1.807, 2.05) is 12.1 Å². The van der Waals surface area contributed by atoms with Gasteiger partial charge in [0.05, 0.1) is 46.0 Å². The summed E-state index contributed by atoms with van der Waals surface area (Å²) in [6.07, 6.45) is 2.75. The van der Waals surface area contributed by atoms with Crippen LogP contribution in [-0.4, -0.2) is 93.8 Å². The molecule has 53 heavy (non-hydrogen) atoms. The normalized spacial score (nSPS) is 23.5. The summed E-state index contributed by atoms with van der Waals surface area (Å²) in [6.45, 7) is 1.55. The quantitative estimate of drug-likeness (QED) is 0.128. The van der Waals surface area contributed by atoms with E-state index in [9.17, 15) is 14.4 Å². The van der Waals surface area contributed by atoms with Crippen LogP contribution in [-0.2, 0) is 36.8 Å². The minimum Gasteiger partial charge on any atom is -0.497 e. The zero-order valence-corrected chi connectivity index (χ0v) is 30.3. The number of hydrogen-bond donors (Lipinski definition) is 1. The van der Waals surface area contributed by atoms with Gasteiger partial charge in [-0.05, 0) is 78.6 Å². The van der Waals surface area contributed by atoms with Crippen LogP contribution in [0.5, 0.6) is 23.0 Å². The Morgan fingerprint density at radius 1 is 0.925 bits per heavy atom. The van der Waals surface area contributed by atoms with Gasteiger partial charge in [0.15, 0.2) is 11.5 Å². The number of carbonyl (C=O) groups excluding carboxylic acids is 3. The van der Waals surface area contributed by atoms with E-state index in [1.54, 1.807) is 31.6 Å². The van der Waals surface area contributed by atoms with Crippen LogP contribution in [0.1, 0.15) is 46.1 Å². The Balaban J connectivity index is 1.10. The molecule has 2 aliphatic heterocycles. The SMILES string of the molecule is COC(=O)[C@H]1[C@H]2C[C@@H]3c4[nH]c5cc(OC)ccc5c4CCN3C[C@H]2C[C@@H](OC(=O)c2cc(OC)c(OC(=O)OCc3ccncc3)c(OC)c2)[C@@H]1OC.